The van der Waals surface area contributed by atoms with E-state index in [1.54, 1.807) is 42.0 Å². The minimum atomic E-state index is -0.582. The average molecular weight is 516 g/mol. The topological polar surface area (TPSA) is 114 Å². The molecule has 11 heteroatoms. The molecule has 2 amide bonds. The lowest BCUT2D eigenvalue weighted by molar-refractivity contribution is -0.128. The number of rotatable bonds is 8. The Morgan fingerprint density at radius 3 is 2.66 bits per heavy atom. The quantitative estimate of drug-likeness (QED) is 0.379. The second-order valence-electron chi connectivity index (χ2n) is 9.35. The van der Waals surface area contributed by atoms with Crippen LogP contribution in [0.1, 0.15) is 28.2 Å². The number of likely N-dealkylation sites (tertiary alicyclic amines) is 1. The van der Waals surface area contributed by atoms with Crippen LogP contribution in [0, 0.1) is 0 Å². The number of carbonyl (C=O) groups is 2. The van der Waals surface area contributed by atoms with Crippen LogP contribution in [0.15, 0.2) is 65.7 Å². The van der Waals surface area contributed by atoms with Crippen molar-refractivity contribution in [1.29, 1.82) is 0 Å². The van der Waals surface area contributed by atoms with E-state index in [0.29, 0.717) is 30.9 Å². The van der Waals surface area contributed by atoms with E-state index >= 15 is 0 Å². The van der Waals surface area contributed by atoms with Crippen LogP contribution < -0.4 is 20.5 Å². The van der Waals surface area contributed by atoms with Crippen molar-refractivity contribution < 1.29 is 14.3 Å². The van der Waals surface area contributed by atoms with Crippen molar-refractivity contribution in [2.75, 3.05) is 32.6 Å². The number of fused-ring (bicyclic) bond motifs is 1. The summed E-state index contributed by atoms with van der Waals surface area (Å²) < 4.78 is 8.29. The molecule has 3 aromatic heterocycles. The lowest BCUT2D eigenvalue weighted by Gasteiger charge is -2.21. The van der Waals surface area contributed by atoms with E-state index in [1.807, 2.05) is 42.3 Å². The summed E-state index contributed by atoms with van der Waals surface area (Å²) in [5, 5.41) is 7.49. The molecule has 38 heavy (non-hydrogen) atoms. The number of methoxy groups -OCH3 is 1. The Hall–Kier alpha value is -4.67. The lowest BCUT2D eigenvalue weighted by atomic mass is 10.2. The first-order chi connectivity index (χ1) is 18.3. The van der Waals surface area contributed by atoms with Gasteiger partial charge in [0.25, 0.3) is 11.5 Å². The van der Waals surface area contributed by atoms with Gasteiger partial charge in [-0.15, -0.1) is 0 Å². The summed E-state index contributed by atoms with van der Waals surface area (Å²) in [6, 6.07) is 14.0. The predicted molar refractivity (Wildman–Crippen MR) is 141 cm³/mol. The molecule has 0 spiro atoms. The number of benzene rings is 1. The number of ether oxygens (including phenoxy) is 1. The lowest BCUT2D eigenvalue weighted by Crippen LogP contribution is -2.41. The average Bonchev–Trinajstić information content (AvgIpc) is 3.48. The van der Waals surface area contributed by atoms with E-state index < -0.39 is 11.9 Å². The smallest absolute Gasteiger partial charge is 0.272 e. The maximum absolute atomic E-state index is 13.2. The molecular weight excluding hydrogens is 486 g/mol. The molecule has 0 bridgehead atoms. The molecule has 1 aliphatic heterocycles. The van der Waals surface area contributed by atoms with Crippen molar-refractivity contribution in [3.8, 4) is 5.75 Å². The first kappa shape index (κ1) is 25.0. The van der Waals surface area contributed by atoms with Crippen molar-refractivity contribution in [3.63, 3.8) is 0 Å². The zero-order valence-corrected chi connectivity index (χ0v) is 21.5. The third-order valence-corrected chi connectivity index (χ3v) is 6.69. The van der Waals surface area contributed by atoms with Gasteiger partial charge in [0, 0.05) is 39.4 Å². The van der Waals surface area contributed by atoms with Crippen LogP contribution in [-0.2, 0) is 17.9 Å². The Morgan fingerprint density at radius 1 is 1.18 bits per heavy atom. The van der Waals surface area contributed by atoms with E-state index in [0.717, 1.165) is 17.0 Å². The molecule has 1 fully saturated rings. The van der Waals surface area contributed by atoms with Crippen LogP contribution in [0.4, 0.5) is 5.69 Å². The second-order valence-corrected chi connectivity index (χ2v) is 9.35. The van der Waals surface area contributed by atoms with Gasteiger partial charge in [0.05, 0.1) is 31.2 Å². The van der Waals surface area contributed by atoms with Crippen molar-refractivity contribution in [2.45, 2.75) is 25.6 Å². The van der Waals surface area contributed by atoms with E-state index in [2.05, 4.69) is 15.4 Å². The fourth-order valence-corrected chi connectivity index (χ4v) is 4.56. The van der Waals surface area contributed by atoms with Gasteiger partial charge < -0.3 is 24.4 Å². The Morgan fingerprint density at radius 2 is 1.97 bits per heavy atom. The first-order valence-corrected chi connectivity index (χ1v) is 12.3. The van der Waals surface area contributed by atoms with Crippen LogP contribution in [0.3, 0.4) is 0 Å². The van der Waals surface area contributed by atoms with Crippen LogP contribution in [-0.4, -0.2) is 69.7 Å². The fraction of sp³-hybridized carbons (Fsp3) is 0.296. The summed E-state index contributed by atoms with van der Waals surface area (Å²) in [6.07, 6.45) is 3.70. The standard InChI is InChI=1S/C27H29N7O4/c1-31-13-11-21(27(31)37)29-26(36)23-15-28-25-22(32(2)16-18-7-9-20(38-3)10-8-18)14-19(30-34(23)25)17-33-12-5-4-6-24(33)35/h4-10,12,14-15,21H,11,13,16-17H2,1-3H3,(H,29,36)/t21-/m1/s1. The van der Waals surface area contributed by atoms with Crippen molar-refractivity contribution in [1.82, 2.24) is 29.4 Å². The van der Waals surface area contributed by atoms with Gasteiger partial charge in [-0.3, -0.25) is 14.4 Å². The second kappa shape index (κ2) is 10.4. The fourth-order valence-electron chi connectivity index (χ4n) is 4.56. The number of anilines is 1. The molecular formula is C27H29N7O4. The highest BCUT2D eigenvalue weighted by molar-refractivity contribution is 5.97. The SMILES string of the molecule is COc1ccc(CN(C)c2cc(Cn3ccccc3=O)nn3c(C(=O)N[C@@H]4CCN(C)C4=O)cnc23)cc1. The van der Waals surface area contributed by atoms with Crippen LogP contribution >= 0.6 is 0 Å². The monoisotopic (exact) mass is 515 g/mol. The van der Waals surface area contributed by atoms with Gasteiger partial charge in [-0.1, -0.05) is 18.2 Å². The van der Waals surface area contributed by atoms with Crippen LogP contribution in [0.25, 0.3) is 5.65 Å². The molecule has 5 rings (SSSR count). The van der Waals surface area contributed by atoms with Gasteiger partial charge in [-0.2, -0.15) is 5.10 Å². The number of amides is 2. The minimum Gasteiger partial charge on any atom is -0.497 e. The molecule has 1 saturated heterocycles. The van der Waals surface area contributed by atoms with Gasteiger partial charge >= 0.3 is 0 Å². The molecule has 1 N–H and O–H groups in total. The molecule has 1 aromatic carbocycles. The molecule has 0 radical (unpaired) electrons. The maximum Gasteiger partial charge on any atom is 0.272 e. The highest BCUT2D eigenvalue weighted by Gasteiger charge is 2.31. The van der Waals surface area contributed by atoms with Crippen molar-refractivity contribution in [2.24, 2.45) is 0 Å². The van der Waals surface area contributed by atoms with Crippen LogP contribution in [0.5, 0.6) is 5.75 Å². The highest BCUT2D eigenvalue weighted by atomic mass is 16.5. The Labute approximate surface area is 219 Å². The number of imidazole rings is 1. The molecule has 11 nitrogen and oxygen atoms in total. The zero-order valence-electron chi connectivity index (χ0n) is 21.5. The number of nitrogens with one attached hydrogen (secondary N) is 1. The largest absolute Gasteiger partial charge is 0.497 e. The van der Waals surface area contributed by atoms with Crippen molar-refractivity contribution >= 4 is 23.1 Å². The maximum atomic E-state index is 13.2. The molecule has 4 heterocycles. The highest BCUT2D eigenvalue weighted by Crippen LogP contribution is 2.24. The third-order valence-electron chi connectivity index (χ3n) is 6.69. The van der Waals surface area contributed by atoms with Crippen molar-refractivity contribution in [3.05, 3.63) is 88.2 Å². The number of pyridine rings is 1. The van der Waals surface area contributed by atoms with Crippen LogP contribution in [0.2, 0.25) is 0 Å². The minimum absolute atomic E-state index is 0.121. The number of aromatic nitrogens is 4. The Bertz CT molecular complexity index is 1540. The summed E-state index contributed by atoms with van der Waals surface area (Å²) in [6.45, 7) is 1.36. The Kier molecular flexibility index (Phi) is 6.82. The Balaban J connectivity index is 1.52. The first-order valence-electron chi connectivity index (χ1n) is 12.3. The van der Waals surface area contributed by atoms with Gasteiger partial charge in [0.2, 0.25) is 5.91 Å². The van der Waals surface area contributed by atoms with Gasteiger partial charge in [-0.25, -0.2) is 9.50 Å². The van der Waals surface area contributed by atoms with E-state index in [1.165, 1.54) is 16.8 Å². The summed E-state index contributed by atoms with van der Waals surface area (Å²) in [4.78, 5) is 46.1. The van der Waals surface area contributed by atoms with Gasteiger partial charge in [-0.05, 0) is 36.2 Å². The molecule has 4 aromatic rings. The van der Waals surface area contributed by atoms with E-state index in [4.69, 9.17) is 4.74 Å². The molecule has 1 atom stereocenters. The number of hydrogen-bond acceptors (Lipinski definition) is 7. The summed E-state index contributed by atoms with van der Waals surface area (Å²) in [5.74, 6) is 0.217. The molecule has 0 aliphatic carbocycles. The number of hydrogen-bond donors (Lipinski definition) is 1. The zero-order chi connectivity index (χ0) is 26.8. The molecule has 0 saturated carbocycles. The predicted octanol–water partition coefficient (Wildman–Crippen LogP) is 1.54. The summed E-state index contributed by atoms with van der Waals surface area (Å²) in [7, 11) is 5.27. The summed E-state index contributed by atoms with van der Waals surface area (Å²) in [5.41, 5.74) is 2.91. The number of likely N-dealkylation sites (N-methyl/N-ethyl adjacent to an activating group) is 1. The third kappa shape index (κ3) is 4.95. The van der Waals surface area contributed by atoms with E-state index in [-0.39, 0.29) is 23.7 Å². The summed E-state index contributed by atoms with van der Waals surface area (Å²) >= 11 is 0. The number of carbonyl (C=O) groups excluding carboxylic acids is 2. The molecule has 1 aliphatic rings. The van der Waals surface area contributed by atoms with Gasteiger partial charge in [0.1, 0.15) is 11.8 Å². The molecule has 196 valence electrons. The molecule has 0 unspecified atom stereocenters. The number of nitrogens with zero attached hydrogens (tertiary/aromatic N) is 6. The van der Waals surface area contributed by atoms with E-state index in [9.17, 15) is 14.4 Å². The van der Waals surface area contributed by atoms with Gasteiger partial charge in [0.15, 0.2) is 11.3 Å². The normalized spacial score (nSPS) is 15.2.